The van der Waals surface area contributed by atoms with Gasteiger partial charge in [0.05, 0.1) is 21.5 Å². The number of anilines is 1. The molecule has 0 spiro atoms. The van der Waals surface area contributed by atoms with Crippen molar-refractivity contribution in [1.82, 2.24) is 14.8 Å². The Morgan fingerprint density at radius 3 is 2.73 bits per heavy atom. The van der Waals surface area contributed by atoms with E-state index >= 15 is 0 Å². The fourth-order valence-electron chi connectivity index (χ4n) is 2.87. The van der Waals surface area contributed by atoms with E-state index in [0.29, 0.717) is 39.9 Å². The number of carbonyl (C=O) groups is 1. The summed E-state index contributed by atoms with van der Waals surface area (Å²) in [5.74, 6) is 1.48. The first-order valence-corrected chi connectivity index (χ1v) is 11.1. The summed E-state index contributed by atoms with van der Waals surface area (Å²) in [5.41, 5.74) is 2.74. The number of rotatable bonds is 8. The molecule has 0 bridgehead atoms. The molecule has 0 radical (unpaired) electrons. The molecule has 0 aliphatic carbocycles. The maximum atomic E-state index is 12.3. The van der Waals surface area contributed by atoms with Crippen LogP contribution in [0, 0.1) is 13.8 Å². The summed E-state index contributed by atoms with van der Waals surface area (Å²) >= 11 is 13.4. The van der Waals surface area contributed by atoms with Crippen LogP contribution in [0.1, 0.15) is 23.9 Å². The number of nitrogens with one attached hydrogen (secondary N) is 1. The quantitative estimate of drug-likeness (QED) is 0.443. The molecule has 1 amide bonds. The first-order chi connectivity index (χ1) is 14.4. The molecule has 0 atom stereocenters. The van der Waals surface area contributed by atoms with Gasteiger partial charge in [0, 0.05) is 6.54 Å². The van der Waals surface area contributed by atoms with Gasteiger partial charge in [-0.05, 0) is 44.5 Å². The zero-order chi connectivity index (χ0) is 21.7. The van der Waals surface area contributed by atoms with Crippen LogP contribution < -0.4 is 10.1 Å². The molecule has 9 heteroatoms. The van der Waals surface area contributed by atoms with Crippen molar-refractivity contribution in [3.05, 3.63) is 63.4 Å². The highest BCUT2D eigenvalue weighted by Gasteiger charge is 2.15. The van der Waals surface area contributed by atoms with Crippen LogP contribution in [-0.2, 0) is 17.9 Å². The lowest BCUT2D eigenvalue weighted by atomic mass is 10.1. The number of aryl methyl sites for hydroxylation is 2. The summed E-state index contributed by atoms with van der Waals surface area (Å²) in [7, 11) is 0. The Hall–Kier alpha value is -2.22. The number of ether oxygens (including phenoxy) is 1. The van der Waals surface area contributed by atoms with Crippen molar-refractivity contribution >= 4 is 46.6 Å². The molecule has 30 heavy (non-hydrogen) atoms. The number of halogens is 2. The lowest BCUT2D eigenvalue weighted by Gasteiger charge is -2.11. The summed E-state index contributed by atoms with van der Waals surface area (Å²) < 4.78 is 7.86. The van der Waals surface area contributed by atoms with Gasteiger partial charge in [0.2, 0.25) is 5.91 Å². The van der Waals surface area contributed by atoms with Gasteiger partial charge < -0.3 is 14.6 Å². The Labute approximate surface area is 189 Å². The summed E-state index contributed by atoms with van der Waals surface area (Å²) in [4.78, 5) is 12.3. The second-order valence-corrected chi connectivity index (χ2v) is 8.37. The van der Waals surface area contributed by atoms with Crippen LogP contribution in [0.25, 0.3) is 0 Å². The molecule has 3 rings (SSSR count). The summed E-state index contributed by atoms with van der Waals surface area (Å²) in [6, 6.07) is 11.1. The van der Waals surface area contributed by atoms with Crippen molar-refractivity contribution in [1.29, 1.82) is 0 Å². The van der Waals surface area contributed by atoms with E-state index in [1.54, 1.807) is 18.2 Å². The van der Waals surface area contributed by atoms with E-state index in [9.17, 15) is 4.79 Å². The van der Waals surface area contributed by atoms with Gasteiger partial charge in [-0.3, -0.25) is 4.79 Å². The van der Waals surface area contributed by atoms with Gasteiger partial charge in [-0.15, -0.1) is 10.2 Å². The Morgan fingerprint density at radius 2 is 2.00 bits per heavy atom. The highest BCUT2D eigenvalue weighted by Crippen LogP contribution is 2.30. The van der Waals surface area contributed by atoms with Gasteiger partial charge in [0.15, 0.2) is 11.0 Å². The van der Waals surface area contributed by atoms with Crippen LogP contribution in [0.5, 0.6) is 5.75 Å². The van der Waals surface area contributed by atoms with E-state index in [4.69, 9.17) is 27.9 Å². The zero-order valence-electron chi connectivity index (χ0n) is 16.9. The van der Waals surface area contributed by atoms with Crippen LogP contribution in [0.4, 0.5) is 5.69 Å². The van der Waals surface area contributed by atoms with E-state index in [2.05, 4.69) is 21.6 Å². The number of hydrogen-bond acceptors (Lipinski definition) is 5. The lowest BCUT2D eigenvalue weighted by Crippen LogP contribution is -2.15. The molecule has 158 valence electrons. The van der Waals surface area contributed by atoms with Crippen LogP contribution in [-0.4, -0.2) is 26.4 Å². The fourth-order valence-corrected chi connectivity index (χ4v) is 4.04. The number of carbonyl (C=O) groups excluding carboxylic acids is 1. The van der Waals surface area contributed by atoms with Gasteiger partial charge in [-0.2, -0.15) is 0 Å². The van der Waals surface area contributed by atoms with Crippen molar-refractivity contribution in [2.24, 2.45) is 0 Å². The SMILES string of the molecule is CCn1c(COc2ccc(C)cc2C)nnc1SCC(=O)Nc1cccc(Cl)c1Cl. The molecule has 1 heterocycles. The van der Waals surface area contributed by atoms with Crippen molar-refractivity contribution in [2.75, 3.05) is 11.1 Å². The van der Waals surface area contributed by atoms with Crippen LogP contribution in [0.3, 0.4) is 0 Å². The summed E-state index contributed by atoms with van der Waals surface area (Å²) in [6.45, 7) is 7.03. The third-order valence-corrected chi connectivity index (χ3v) is 6.14. The predicted octanol–water partition coefficient (Wildman–Crippen LogP) is 5.53. The predicted molar refractivity (Wildman–Crippen MR) is 122 cm³/mol. The molecule has 0 aliphatic rings. The first kappa shape index (κ1) is 22.5. The van der Waals surface area contributed by atoms with E-state index in [1.165, 1.54) is 17.3 Å². The second-order valence-electron chi connectivity index (χ2n) is 6.64. The molecule has 2 aromatic carbocycles. The molecule has 0 fully saturated rings. The van der Waals surface area contributed by atoms with Gasteiger partial charge in [-0.25, -0.2) is 0 Å². The molecule has 0 aliphatic heterocycles. The van der Waals surface area contributed by atoms with E-state index < -0.39 is 0 Å². The molecule has 0 unspecified atom stereocenters. The number of thioether (sulfide) groups is 1. The fraction of sp³-hybridized carbons (Fsp3) is 0.286. The Bertz CT molecular complexity index is 1060. The maximum absolute atomic E-state index is 12.3. The number of aromatic nitrogens is 3. The van der Waals surface area contributed by atoms with Crippen molar-refractivity contribution < 1.29 is 9.53 Å². The highest BCUT2D eigenvalue weighted by molar-refractivity contribution is 7.99. The zero-order valence-corrected chi connectivity index (χ0v) is 19.2. The Balaban J connectivity index is 1.61. The number of nitrogens with zero attached hydrogens (tertiary/aromatic N) is 3. The van der Waals surface area contributed by atoms with Crippen molar-refractivity contribution in [3.63, 3.8) is 0 Å². The van der Waals surface area contributed by atoms with E-state index in [0.717, 1.165) is 11.3 Å². The minimum absolute atomic E-state index is 0.166. The lowest BCUT2D eigenvalue weighted by molar-refractivity contribution is -0.113. The molecule has 1 aromatic heterocycles. The molecule has 1 N–H and O–H groups in total. The molecule has 0 saturated heterocycles. The molecule has 6 nitrogen and oxygen atoms in total. The Morgan fingerprint density at radius 1 is 1.20 bits per heavy atom. The van der Waals surface area contributed by atoms with Crippen LogP contribution >= 0.6 is 35.0 Å². The molecule has 3 aromatic rings. The first-order valence-electron chi connectivity index (χ1n) is 9.37. The topological polar surface area (TPSA) is 69.0 Å². The van der Waals surface area contributed by atoms with Crippen LogP contribution in [0.2, 0.25) is 10.0 Å². The molecular weight excluding hydrogens is 443 g/mol. The summed E-state index contributed by atoms with van der Waals surface area (Å²) in [5, 5.41) is 12.6. The van der Waals surface area contributed by atoms with Gasteiger partial charge >= 0.3 is 0 Å². The van der Waals surface area contributed by atoms with Crippen molar-refractivity contribution in [3.8, 4) is 5.75 Å². The largest absolute Gasteiger partial charge is 0.485 e. The smallest absolute Gasteiger partial charge is 0.234 e. The van der Waals surface area contributed by atoms with E-state index in [1.807, 2.05) is 37.5 Å². The van der Waals surface area contributed by atoms with Gasteiger partial charge in [0.1, 0.15) is 12.4 Å². The maximum Gasteiger partial charge on any atom is 0.234 e. The Kier molecular flexibility index (Phi) is 7.64. The third kappa shape index (κ3) is 5.47. The van der Waals surface area contributed by atoms with Gasteiger partial charge in [0.25, 0.3) is 0 Å². The number of benzene rings is 2. The second kappa shape index (κ2) is 10.2. The molecule has 0 saturated carbocycles. The average molecular weight is 465 g/mol. The minimum Gasteiger partial charge on any atom is -0.485 e. The van der Waals surface area contributed by atoms with Gasteiger partial charge in [-0.1, -0.05) is 58.7 Å². The standard InChI is InChI=1S/C21H22Cl2N4O2S/c1-4-27-18(11-29-17-9-8-13(2)10-14(17)3)25-26-21(27)30-12-19(28)24-16-7-5-6-15(22)20(16)23/h5-10H,4,11-12H2,1-3H3,(H,24,28). The monoisotopic (exact) mass is 464 g/mol. The van der Waals surface area contributed by atoms with Crippen LogP contribution in [0.15, 0.2) is 41.6 Å². The average Bonchev–Trinajstić information content (AvgIpc) is 3.11. The number of hydrogen-bond donors (Lipinski definition) is 1. The molecular formula is C21H22Cl2N4O2S. The minimum atomic E-state index is -0.206. The third-order valence-electron chi connectivity index (χ3n) is 4.35. The number of amides is 1. The summed E-state index contributed by atoms with van der Waals surface area (Å²) in [6.07, 6.45) is 0. The highest BCUT2D eigenvalue weighted by atomic mass is 35.5. The van der Waals surface area contributed by atoms with E-state index in [-0.39, 0.29) is 11.7 Å². The normalized spacial score (nSPS) is 10.8. The van der Waals surface area contributed by atoms with Crippen molar-refractivity contribution in [2.45, 2.75) is 39.1 Å².